The molecule has 0 aliphatic carbocycles. The van der Waals surface area contributed by atoms with Gasteiger partial charge in [-0.3, -0.25) is 4.79 Å². The van der Waals surface area contributed by atoms with Gasteiger partial charge in [-0.2, -0.15) is 13.2 Å². The van der Waals surface area contributed by atoms with Crippen LogP contribution in [0.5, 0.6) is 0 Å². The predicted molar refractivity (Wildman–Crippen MR) is 107 cm³/mol. The van der Waals surface area contributed by atoms with E-state index in [4.69, 9.17) is 4.74 Å². The molecule has 33 heavy (non-hydrogen) atoms. The molecule has 1 saturated heterocycles. The molecule has 5 nitrogen and oxygen atoms in total. The number of rotatable bonds is 5. The van der Waals surface area contributed by atoms with Gasteiger partial charge in [0.25, 0.3) is 5.92 Å². The quantitative estimate of drug-likeness (QED) is 0.421. The largest absolute Gasteiger partial charge is 0.469 e. The van der Waals surface area contributed by atoms with Crippen LogP contribution in [0.15, 0.2) is 54.6 Å². The van der Waals surface area contributed by atoms with Crippen molar-refractivity contribution in [3.63, 3.8) is 0 Å². The summed E-state index contributed by atoms with van der Waals surface area (Å²) in [5.41, 5.74) is -0.255. The first-order valence-corrected chi connectivity index (χ1v) is 10.1. The summed E-state index contributed by atoms with van der Waals surface area (Å²) in [5.74, 6) is -5.99. The number of ether oxygens (including phenoxy) is 2. The summed E-state index contributed by atoms with van der Waals surface area (Å²) >= 11 is 0. The Hall–Kier alpha value is -3.17. The van der Waals surface area contributed by atoms with Crippen molar-refractivity contribution in [2.24, 2.45) is 5.92 Å². The maximum atomic E-state index is 14.9. The molecule has 1 fully saturated rings. The highest BCUT2D eigenvalue weighted by molar-refractivity contribution is 5.71. The number of amides is 1. The second-order valence-electron chi connectivity index (χ2n) is 7.70. The molecule has 0 bridgehead atoms. The lowest BCUT2D eigenvalue weighted by atomic mass is 9.79. The molecule has 10 heteroatoms. The van der Waals surface area contributed by atoms with Gasteiger partial charge in [0, 0.05) is 13.0 Å². The molecule has 2 atom stereocenters. The molecule has 0 aromatic heterocycles. The Morgan fingerprint density at radius 3 is 2.27 bits per heavy atom. The standard InChI is InChI=1S/C23H22F5NO4/c1-32-19(30)13-18-20(16-7-9-17(10-8-16)23(26,27)28)29(12-11-22(18,24)25)21(31)33-14-15-5-3-2-4-6-15/h2-10,18,20H,11-14H2,1H3/t18-,20-/m1/s1. The molecular formula is C23H22F5NO4. The first-order chi connectivity index (χ1) is 15.5. The van der Waals surface area contributed by atoms with Crippen molar-refractivity contribution in [3.8, 4) is 0 Å². The lowest BCUT2D eigenvalue weighted by molar-refractivity contribution is -0.158. The van der Waals surface area contributed by atoms with Crippen LogP contribution in [0.3, 0.4) is 0 Å². The van der Waals surface area contributed by atoms with Gasteiger partial charge in [-0.15, -0.1) is 0 Å². The summed E-state index contributed by atoms with van der Waals surface area (Å²) in [6.45, 7) is -0.516. The van der Waals surface area contributed by atoms with E-state index in [0.717, 1.165) is 36.3 Å². The third-order valence-corrected chi connectivity index (χ3v) is 5.58. The minimum absolute atomic E-state index is 0.0351. The van der Waals surface area contributed by atoms with E-state index in [9.17, 15) is 31.5 Å². The Labute approximate surface area is 187 Å². The number of piperidine rings is 1. The van der Waals surface area contributed by atoms with Crippen molar-refractivity contribution in [1.82, 2.24) is 4.90 Å². The summed E-state index contributed by atoms with van der Waals surface area (Å²) < 4.78 is 78.6. The van der Waals surface area contributed by atoms with Crippen molar-refractivity contribution in [2.45, 2.75) is 37.6 Å². The van der Waals surface area contributed by atoms with E-state index in [-0.39, 0.29) is 12.2 Å². The van der Waals surface area contributed by atoms with E-state index in [1.54, 1.807) is 30.3 Å². The summed E-state index contributed by atoms with van der Waals surface area (Å²) in [7, 11) is 1.04. The zero-order valence-electron chi connectivity index (χ0n) is 17.6. The number of likely N-dealkylation sites (tertiary alicyclic amines) is 1. The lowest BCUT2D eigenvalue weighted by Gasteiger charge is -2.44. The van der Waals surface area contributed by atoms with Crippen LogP contribution in [0, 0.1) is 5.92 Å². The van der Waals surface area contributed by atoms with Crippen LogP contribution in [0.2, 0.25) is 0 Å². The molecule has 0 unspecified atom stereocenters. The molecule has 0 saturated carbocycles. The molecular weight excluding hydrogens is 449 g/mol. The number of methoxy groups -OCH3 is 1. The smallest absolute Gasteiger partial charge is 0.416 e. The van der Waals surface area contributed by atoms with Gasteiger partial charge >= 0.3 is 18.2 Å². The predicted octanol–water partition coefficient (Wildman–Crippen LogP) is 5.60. The molecule has 3 rings (SSSR count). The maximum Gasteiger partial charge on any atom is 0.416 e. The Morgan fingerprint density at radius 2 is 1.70 bits per heavy atom. The van der Waals surface area contributed by atoms with Crippen molar-refractivity contribution in [1.29, 1.82) is 0 Å². The molecule has 1 heterocycles. The van der Waals surface area contributed by atoms with Crippen molar-refractivity contribution in [2.75, 3.05) is 13.7 Å². The van der Waals surface area contributed by atoms with Gasteiger partial charge in [-0.25, -0.2) is 13.6 Å². The zero-order chi connectivity index (χ0) is 24.2. The number of nitrogens with zero attached hydrogens (tertiary/aromatic N) is 1. The van der Waals surface area contributed by atoms with Crippen LogP contribution >= 0.6 is 0 Å². The van der Waals surface area contributed by atoms with Crippen LogP contribution < -0.4 is 0 Å². The van der Waals surface area contributed by atoms with E-state index in [1.165, 1.54) is 0 Å². The van der Waals surface area contributed by atoms with Crippen LogP contribution in [-0.4, -0.2) is 36.5 Å². The van der Waals surface area contributed by atoms with Crippen LogP contribution in [0.1, 0.15) is 35.6 Å². The van der Waals surface area contributed by atoms with Crippen LogP contribution in [-0.2, 0) is 27.1 Å². The van der Waals surface area contributed by atoms with Gasteiger partial charge in [-0.1, -0.05) is 42.5 Å². The number of halogens is 5. The summed E-state index contributed by atoms with van der Waals surface area (Å²) in [6, 6.07) is 10.9. The summed E-state index contributed by atoms with van der Waals surface area (Å²) in [6.07, 6.45) is -6.98. The van der Waals surface area contributed by atoms with Gasteiger partial charge in [0.1, 0.15) is 6.61 Å². The fourth-order valence-electron chi connectivity index (χ4n) is 3.85. The van der Waals surface area contributed by atoms with Gasteiger partial charge in [0.05, 0.1) is 31.1 Å². The molecule has 1 aliphatic rings. The Morgan fingerprint density at radius 1 is 1.06 bits per heavy atom. The van der Waals surface area contributed by atoms with Crippen molar-refractivity contribution < 1.29 is 41.0 Å². The third-order valence-electron chi connectivity index (χ3n) is 5.58. The molecule has 178 valence electrons. The third kappa shape index (κ3) is 5.80. The number of hydrogen-bond donors (Lipinski definition) is 0. The van der Waals surface area contributed by atoms with E-state index in [1.807, 2.05) is 0 Å². The number of esters is 1. The fourth-order valence-corrected chi connectivity index (χ4v) is 3.85. The SMILES string of the molecule is COC(=O)C[C@@H]1[C@@H](c2ccc(C(F)(F)F)cc2)N(C(=O)OCc2ccccc2)CCC1(F)F. The van der Waals surface area contributed by atoms with Crippen LogP contribution in [0.4, 0.5) is 26.7 Å². The highest BCUT2D eigenvalue weighted by atomic mass is 19.4. The molecule has 2 aromatic carbocycles. The van der Waals surface area contributed by atoms with E-state index >= 15 is 0 Å². The summed E-state index contributed by atoms with van der Waals surface area (Å²) in [5, 5.41) is 0. The lowest BCUT2D eigenvalue weighted by Crippen LogP contribution is -2.52. The second-order valence-corrected chi connectivity index (χ2v) is 7.70. The van der Waals surface area contributed by atoms with Crippen molar-refractivity contribution in [3.05, 3.63) is 71.3 Å². The van der Waals surface area contributed by atoms with Crippen LogP contribution in [0.25, 0.3) is 0 Å². The maximum absolute atomic E-state index is 14.9. The highest BCUT2D eigenvalue weighted by Crippen LogP contribution is 2.47. The van der Waals surface area contributed by atoms with Gasteiger partial charge < -0.3 is 14.4 Å². The Kier molecular flexibility index (Phi) is 7.24. The fraction of sp³-hybridized carbons (Fsp3) is 0.391. The number of carbonyl (C=O) groups excluding carboxylic acids is 2. The monoisotopic (exact) mass is 471 g/mol. The van der Waals surface area contributed by atoms with E-state index in [2.05, 4.69) is 4.74 Å². The number of hydrogen-bond acceptors (Lipinski definition) is 4. The topological polar surface area (TPSA) is 55.8 Å². The number of alkyl halides is 5. The number of benzene rings is 2. The molecule has 0 N–H and O–H groups in total. The molecule has 1 aliphatic heterocycles. The highest BCUT2D eigenvalue weighted by Gasteiger charge is 2.53. The normalized spacial score (nSPS) is 20.2. The molecule has 1 amide bonds. The second kappa shape index (κ2) is 9.76. The first kappa shape index (κ1) is 24.5. The minimum Gasteiger partial charge on any atom is -0.469 e. The number of carbonyl (C=O) groups is 2. The van der Waals surface area contributed by atoms with Gasteiger partial charge in [0.15, 0.2) is 0 Å². The van der Waals surface area contributed by atoms with E-state index < -0.39 is 61.1 Å². The summed E-state index contributed by atoms with van der Waals surface area (Å²) in [4.78, 5) is 25.8. The first-order valence-electron chi connectivity index (χ1n) is 10.1. The van der Waals surface area contributed by atoms with E-state index in [0.29, 0.717) is 5.56 Å². The Bertz CT molecular complexity index is 963. The molecule has 2 aromatic rings. The molecule has 0 radical (unpaired) electrons. The average molecular weight is 471 g/mol. The van der Waals surface area contributed by atoms with Gasteiger partial charge in [-0.05, 0) is 23.3 Å². The molecule has 0 spiro atoms. The minimum atomic E-state index is -4.62. The van der Waals surface area contributed by atoms with Gasteiger partial charge in [0.2, 0.25) is 0 Å². The van der Waals surface area contributed by atoms with Crippen molar-refractivity contribution >= 4 is 12.1 Å². The average Bonchev–Trinajstić information content (AvgIpc) is 2.78. The Balaban J connectivity index is 1.94. The zero-order valence-corrected chi connectivity index (χ0v) is 17.6.